The minimum Gasteiger partial charge on any atom is -0.380 e. The fourth-order valence-corrected chi connectivity index (χ4v) is 3.92. The van der Waals surface area contributed by atoms with Crippen molar-refractivity contribution < 1.29 is 18.7 Å². The summed E-state index contributed by atoms with van der Waals surface area (Å²) in [5.41, 5.74) is -0.884. The van der Waals surface area contributed by atoms with Crippen LogP contribution in [0.1, 0.15) is 17.5 Å². The van der Waals surface area contributed by atoms with E-state index in [1.54, 1.807) is 0 Å². The lowest BCUT2D eigenvalue weighted by molar-refractivity contribution is -0.125. The van der Waals surface area contributed by atoms with Crippen molar-refractivity contribution in [2.45, 2.75) is 18.1 Å². The Labute approximate surface area is 150 Å². The molecule has 1 aliphatic carbocycles. The molecule has 26 heavy (non-hydrogen) atoms. The summed E-state index contributed by atoms with van der Waals surface area (Å²) in [6, 6.07) is 10.9. The number of amides is 1. The number of hydrogen-bond acceptors (Lipinski definition) is 3. The van der Waals surface area contributed by atoms with E-state index in [1.165, 1.54) is 48.5 Å². The van der Waals surface area contributed by atoms with E-state index in [2.05, 4.69) is 10.6 Å². The van der Waals surface area contributed by atoms with Crippen LogP contribution in [0.5, 0.6) is 0 Å². The van der Waals surface area contributed by atoms with Crippen LogP contribution in [-0.2, 0) is 10.4 Å². The quantitative estimate of drug-likeness (QED) is 0.765. The first-order chi connectivity index (χ1) is 12.5. The third-order valence-electron chi connectivity index (χ3n) is 5.48. The van der Waals surface area contributed by atoms with E-state index < -0.39 is 17.2 Å². The standard InChI is InChI=1S/C20H20F2N2O2/c21-14-5-1-12(2-6-14)20(26,13-3-7-15(22)8-4-13)9-18(25)24-19-16-10-23-11-17(16)19/h1-8,16-17,19,23,26H,9-11H2,(H,24,25)/t16-,17+,19?. The number of hydrogen-bond donors (Lipinski definition) is 3. The van der Waals surface area contributed by atoms with Gasteiger partial charge in [0.25, 0.3) is 0 Å². The van der Waals surface area contributed by atoms with Gasteiger partial charge in [-0.25, -0.2) is 8.78 Å². The van der Waals surface area contributed by atoms with Gasteiger partial charge in [0.15, 0.2) is 0 Å². The predicted molar refractivity (Wildman–Crippen MR) is 92.2 cm³/mol. The van der Waals surface area contributed by atoms with Gasteiger partial charge in [0.1, 0.15) is 17.2 Å². The fraction of sp³-hybridized carbons (Fsp3) is 0.350. The highest BCUT2D eigenvalue weighted by atomic mass is 19.1. The molecule has 1 aliphatic heterocycles. The van der Waals surface area contributed by atoms with E-state index >= 15 is 0 Å². The van der Waals surface area contributed by atoms with E-state index in [1.807, 2.05) is 0 Å². The van der Waals surface area contributed by atoms with Crippen LogP contribution in [0.4, 0.5) is 8.78 Å². The zero-order valence-electron chi connectivity index (χ0n) is 14.1. The maximum absolute atomic E-state index is 13.3. The van der Waals surface area contributed by atoms with E-state index in [-0.39, 0.29) is 18.4 Å². The van der Waals surface area contributed by atoms with Crippen molar-refractivity contribution in [1.29, 1.82) is 0 Å². The van der Waals surface area contributed by atoms with Crippen LogP contribution in [0.3, 0.4) is 0 Å². The first kappa shape index (κ1) is 17.1. The maximum atomic E-state index is 13.3. The highest BCUT2D eigenvalue weighted by Crippen LogP contribution is 2.42. The average Bonchev–Trinajstić information content (AvgIpc) is 3.04. The zero-order chi connectivity index (χ0) is 18.3. The summed E-state index contributed by atoms with van der Waals surface area (Å²) >= 11 is 0. The predicted octanol–water partition coefficient (Wildman–Crippen LogP) is 1.92. The summed E-state index contributed by atoms with van der Waals surface area (Å²) in [5, 5.41) is 17.6. The number of piperidine rings is 1. The van der Waals surface area contributed by atoms with Gasteiger partial charge in [0.2, 0.25) is 5.91 Å². The summed E-state index contributed by atoms with van der Waals surface area (Å²) in [6.07, 6.45) is -0.215. The first-order valence-corrected chi connectivity index (χ1v) is 8.72. The number of halogens is 2. The molecule has 2 aliphatic rings. The van der Waals surface area contributed by atoms with Crippen molar-refractivity contribution in [3.8, 4) is 0 Å². The smallest absolute Gasteiger partial charge is 0.223 e. The van der Waals surface area contributed by atoms with Crippen molar-refractivity contribution >= 4 is 5.91 Å². The van der Waals surface area contributed by atoms with Crippen LogP contribution in [0, 0.1) is 23.5 Å². The third kappa shape index (κ3) is 3.10. The second-order valence-electron chi connectivity index (χ2n) is 7.13. The molecule has 1 unspecified atom stereocenters. The molecule has 2 aromatic carbocycles. The number of carbonyl (C=O) groups is 1. The Kier molecular flexibility index (Phi) is 4.25. The summed E-state index contributed by atoms with van der Waals surface area (Å²) in [6.45, 7) is 1.80. The number of benzene rings is 2. The molecule has 4 rings (SSSR count). The van der Waals surface area contributed by atoms with Crippen LogP contribution >= 0.6 is 0 Å². The van der Waals surface area contributed by atoms with Gasteiger partial charge in [-0.15, -0.1) is 0 Å². The molecule has 1 saturated heterocycles. The number of fused-ring (bicyclic) bond motifs is 1. The van der Waals surface area contributed by atoms with Gasteiger partial charge < -0.3 is 15.7 Å². The second-order valence-corrected chi connectivity index (χ2v) is 7.13. The number of aliphatic hydroxyl groups is 1. The molecule has 1 amide bonds. The fourth-order valence-electron chi connectivity index (χ4n) is 3.92. The number of nitrogens with one attached hydrogen (secondary N) is 2. The Morgan fingerprint density at radius 1 is 1.00 bits per heavy atom. The molecule has 4 nitrogen and oxygen atoms in total. The van der Waals surface area contributed by atoms with Crippen LogP contribution in [-0.4, -0.2) is 30.1 Å². The SMILES string of the molecule is O=C(CC(O)(c1ccc(F)cc1)c1ccc(F)cc1)NC1[C@H]2CNC[C@@H]12. The molecule has 0 aromatic heterocycles. The highest BCUT2D eigenvalue weighted by Gasteiger charge is 2.53. The molecule has 1 heterocycles. The van der Waals surface area contributed by atoms with Crippen LogP contribution < -0.4 is 10.6 Å². The monoisotopic (exact) mass is 358 g/mol. The first-order valence-electron chi connectivity index (χ1n) is 8.72. The van der Waals surface area contributed by atoms with Crippen LogP contribution in [0.2, 0.25) is 0 Å². The molecule has 0 radical (unpaired) electrons. The summed E-state index contributed by atoms with van der Waals surface area (Å²) in [4.78, 5) is 12.6. The average molecular weight is 358 g/mol. The van der Waals surface area contributed by atoms with Gasteiger partial charge in [0, 0.05) is 19.1 Å². The van der Waals surface area contributed by atoms with Crippen molar-refractivity contribution in [2.75, 3.05) is 13.1 Å². The number of rotatable bonds is 5. The molecule has 136 valence electrons. The van der Waals surface area contributed by atoms with Crippen molar-refractivity contribution in [3.63, 3.8) is 0 Å². The molecular formula is C20H20F2N2O2. The van der Waals surface area contributed by atoms with E-state index in [0.29, 0.717) is 23.0 Å². The zero-order valence-corrected chi connectivity index (χ0v) is 14.1. The second kappa shape index (κ2) is 6.45. The Morgan fingerprint density at radius 2 is 1.46 bits per heavy atom. The van der Waals surface area contributed by atoms with E-state index in [9.17, 15) is 18.7 Å². The van der Waals surface area contributed by atoms with Gasteiger partial charge >= 0.3 is 0 Å². The van der Waals surface area contributed by atoms with Gasteiger partial charge in [-0.1, -0.05) is 24.3 Å². The normalized spacial score (nSPS) is 24.2. The Balaban J connectivity index is 1.58. The van der Waals surface area contributed by atoms with E-state index in [4.69, 9.17) is 0 Å². The topological polar surface area (TPSA) is 61.4 Å². The molecule has 6 heteroatoms. The Morgan fingerprint density at radius 3 is 1.92 bits per heavy atom. The summed E-state index contributed by atoms with van der Waals surface area (Å²) in [7, 11) is 0. The van der Waals surface area contributed by atoms with Gasteiger partial charge in [-0.2, -0.15) is 0 Å². The van der Waals surface area contributed by atoms with Gasteiger partial charge in [-0.3, -0.25) is 4.79 Å². The molecule has 2 aromatic rings. The lowest BCUT2D eigenvalue weighted by Crippen LogP contribution is -2.39. The van der Waals surface area contributed by atoms with Gasteiger partial charge in [-0.05, 0) is 47.2 Å². The number of carbonyl (C=O) groups excluding carboxylic acids is 1. The highest BCUT2D eigenvalue weighted by molar-refractivity contribution is 5.79. The van der Waals surface area contributed by atoms with Crippen molar-refractivity contribution in [1.82, 2.24) is 10.6 Å². The molecular weight excluding hydrogens is 338 g/mol. The third-order valence-corrected chi connectivity index (χ3v) is 5.48. The minimum atomic E-state index is -1.66. The Hall–Kier alpha value is -2.31. The van der Waals surface area contributed by atoms with Crippen LogP contribution in [0.25, 0.3) is 0 Å². The molecule has 3 atom stereocenters. The molecule has 0 bridgehead atoms. The lowest BCUT2D eigenvalue weighted by Gasteiger charge is -2.29. The lowest BCUT2D eigenvalue weighted by atomic mass is 9.83. The molecule has 2 fully saturated rings. The van der Waals surface area contributed by atoms with Crippen molar-refractivity contribution in [3.05, 3.63) is 71.3 Å². The Bertz CT molecular complexity index is 752. The minimum absolute atomic E-state index is 0.148. The molecule has 3 N–H and O–H groups in total. The molecule has 1 saturated carbocycles. The summed E-state index contributed by atoms with van der Waals surface area (Å²) < 4.78 is 26.6. The largest absolute Gasteiger partial charge is 0.380 e. The summed E-state index contributed by atoms with van der Waals surface area (Å²) in [5.74, 6) is -0.219. The molecule has 0 spiro atoms. The van der Waals surface area contributed by atoms with Crippen molar-refractivity contribution in [2.24, 2.45) is 11.8 Å². The maximum Gasteiger partial charge on any atom is 0.223 e. The van der Waals surface area contributed by atoms with Gasteiger partial charge in [0.05, 0.1) is 6.42 Å². The van der Waals surface area contributed by atoms with Crippen LogP contribution in [0.15, 0.2) is 48.5 Å². The van der Waals surface area contributed by atoms with E-state index in [0.717, 1.165) is 13.1 Å².